The molecule has 5 nitrogen and oxygen atoms in total. The highest BCUT2D eigenvalue weighted by atomic mass is 15.3. The number of nitrogens with one attached hydrogen (secondary N) is 1. The second kappa shape index (κ2) is 4.53. The van der Waals surface area contributed by atoms with Gasteiger partial charge in [-0.2, -0.15) is 5.10 Å². The van der Waals surface area contributed by atoms with E-state index in [2.05, 4.69) is 34.2 Å². The fourth-order valence-corrected chi connectivity index (χ4v) is 1.56. The summed E-state index contributed by atoms with van der Waals surface area (Å²) in [5, 5.41) is 7.25. The van der Waals surface area contributed by atoms with Crippen LogP contribution in [0, 0.1) is 6.92 Å². The Hall–Kier alpha value is -1.91. The lowest BCUT2D eigenvalue weighted by Gasteiger charge is -2.08. The zero-order valence-electron chi connectivity index (χ0n) is 10.6. The van der Waals surface area contributed by atoms with E-state index in [4.69, 9.17) is 0 Å². The Bertz CT molecular complexity index is 515. The van der Waals surface area contributed by atoms with E-state index in [9.17, 15) is 0 Å². The lowest BCUT2D eigenvalue weighted by Crippen LogP contribution is -2.02. The molecule has 0 aromatic carbocycles. The summed E-state index contributed by atoms with van der Waals surface area (Å²) in [5.41, 5.74) is 2.91. The quantitative estimate of drug-likeness (QED) is 0.881. The van der Waals surface area contributed by atoms with Crippen molar-refractivity contribution in [3.8, 4) is 0 Å². The zero-order valence-corrected chi connectivity index (χ0v) is 10.6. The van der Waals surface area contributed by atoms with Crippen LogP contribution in [0.5, 0.6) is 0 Å². The molecule has 0 saturated carbocycles. The fourth-order valence-electron chi connectivity index (χ4n) is 1.56. The van der Waals surface area contributed by atoms with Crippen molar-refractivity contribution >= 4 is 11.6 Å². The van der Waals surface area contributed by atoms with Crippen molar-refractivity contribution in [2.24, 2.45) is 7.05 Å². The second-order valence-corrected chi connectivity index (χ2v) is 4.44. The van der Waals surface area contributed by atoms with Gasteiger partial charge in [0.15, 0.2) is 0 Å². The fraction of sp³-hybridized carbons (Fsp3) is 0.417. The number of anilines is 2. The van der Waals surface area contributed by atoms with Crippen molar-refractivity contribution in [1.29, 1.82) is 0 Å². The van der Waals surface area contributed by atoms with Gasteiger partial charge in [0.1, 0.15) is 0 Å². The summed E-state index contributed by atoms with van der Waals surface area (Å²) >= 11 is 0. The van der Waals surface area contributed by atoms with Crippen molar-refractivity contribution in [3.63, 3.8) is 0 Å². The molecule has 2 aromatic heterocycles. The van der Waals surface area contributed by atoms with E-state index >= 15 is 0 Å². The van der Waals surface area contributed by atoms with Gasteiger partial charge in [0.25, 0.3) is 0 Å². The number of aryl methyl sites for hydroxylation is 2. The number of hydrogen-bond donors (Lipinski definition) is 1. The van der Waals surface area contributed by atoms with Gasteiger partial charge in [0, 0.05) is 24.6 Å². The third-order valence-electron chi connectivity index (χ3n) is 2.43. The molecule has 0 atom stereocenters. The van der Waals surface area contributed by atoms with Gasteiger partial charge < -0.3 is 5.32 Å². The van der Waals surface area contributed by atoms with E-state index in [1.54, 1.807) is 10.9 Å². The molecule has 0 fully saturated rings. The summed E-state index contributed by atoms with van der Waals surface area (Å²) in [6, 6.07) is 2.01. The van der Waals surface area contributed by atoms with Crippen LogP contribution in [-0.2, 0) is 7.05 Å². The van der Waals surface area contributed by atoms with Crippen molar-refractivity contribution in [2.75, 3.05) is 5.32 Å². The largest absolute Gasteiger partial charge is 0.321 e. The average Bonchev–Trinajstić information content (AvgIpc) is 2.63. The highest BCUT2D eigenvalue weighted by molar-refractivity contribution is 5.50. The molecule has 90 valence electrons. The van der Waals surface area contributed by atoms with E-state index in [1.807, 2.05) is 26.2 Å². The maximum atomic E-state index is 4.48. The molecule has 0 unspecified atom stereocenters. The van der Waals surface area contributed by atoms with Gasteiger partial charge in [-0.15, -0.1) is 0 Å². The Morgan fingerprint density at radius 3 is 2.65 bits per heavy atom. The predicted molar refractivity (Wildman–Crippen MR) is 67.3 cm³/mol. The monoisotopic (exact) mass is 231 g/mol. The Kier molecular flexibility index (Phi) is 3.08. The molecule has 0 aliphatic rings. The molecule has 0 radical (unpaired) electrons. The Balaban J connectivity index is 2.26. The SMILES string of the molecule is Cc1cc(C(C)C)nc(Nc2cnn(C)c2)n1. The first-order valence-corrected chi connectivity index (χ1v) is 5.66. The van der Waals surface area contributed by atoms with Crippen LogP contribution in [0.15, 0.2) is 18.5 Å². The Morgan fingerprint density at radius 1 is 1.29 bits per heavy atom. The number of hydrogen-bond acceptors (Lipinski definition) is 4. The lowest BCUT2D eigenvalue weighted by atomic mass is 10.1. The standard InChI is InChI=1S/C12H17N5/c1-8(2)11-5-9(3)14-12(16-11)15-10-6-13-17(4)7-10/h5-8H,1-4H3,(H,14,15,16). The minimum absolute atomic E-state index is 0.395. The molecule has 0 saturated heterocycles. The van der Waals surface area contributed by atoms with Gasteiger partial charge in [0.2, 0.25) is 5.95 Å². The normalized spacial score (nSPS) is 10.9. The van der Waals surface area contributed by atoms with Crippen LogP contribution < -0.4 is 5.32 Å². The molecule has 0 amide bonds. The Morgan fingerprint density at radius 2 is 2.06 bits per heavy atom. The molecule has 0 bridgehead atoms. The van der Waals surface area contributed by atoms with Gasteiger partial charge >= 0.3 is 0 Å². The number of rotatable bonds is 3. The van der Waals surface area contributed by atoms with Gasteiger partial charge in [-0.05, 0) is 18.9 Å². The summed E-state index contributed by atoms with van der Waals surface area (Å²) < 4.78 is 1.74. The summed E-state index contributed by atoms with van der Waals surface area (Å²) in [5.74, 6) is 1.02. The van der Waals surface area contributed by atoms with Crippen molar-refractivity contribution < 1.29 is 0 Å². The maximum Gasteiger partial charge on any atom is 0.227 e. The molecular formula is C12H17N5. The summed E-state index contributed by atoms with van der Waals surface area (Å²) in [7, 11) is 1.88. The first-order chi connectivity index (χ1) is 8.04. The van der Waals surface area contributed by atoms with Crippen LogP contribution in [-0.4, -0.2) is 19.7 Å². The zero-order chi connectivity index (χ0) is 12.4. The lowest BCUT2D eigenvalue weighted by molar-refractivity contribution is 0.768. The minimum Gasteiger partial charge on any atom is -0.321 e. The van der Waals surface area contributed by atoms with Gasteiger partial charge in [0.05, 0.1) is 11.9 Å². The topological polar surface area (TPSA) is 55.6 Å². The van der Waals surface area contributed by atoms with Gasteiger partial charge in [-0.1, -0.05) is 13.8 Å². The molecule has 2 heterocycles. The summed E-state index contributed by atoms with van der Waals surface area (Å²) in [6.45, 7) is 6.22. The molecule has 0 spiro atoms. The molecule has 17 heavy (non-hydrogen) atoms. The van der Waals surface area contributed by atoms with Crippen molar-refractivity contribution in [3.05, 3.63) is 29.8 Å². The van der Waals surface area contributed by atoms with Crippen LogP contribution in [0.3, 0.4) is 0 Å². The van der Waals surface area contributed by atoms with E-state index in [1.165, 1.54) is 0 Å². The van der Waals surface area contributed by atoms with E-state index in [-0.39, 0.29) is 0 Å². The minimum atomic E-state index is 0.395. The van der Waals surface area contributed by atoms with E-state index in [0.717, 1.165) is 17.1 Å². The predicted octanol–water partition coefficient (Wildman–Crippen LogP) is 2.39. The molecule has 5 heteroatoms. The second-order valence-electron chi connectivity index (χ2n) is 4.44. The third-order valence-corrected chi connectivity index (χ3v) is 2.43. The molecule has 2 aromatic rings. The molecule has 0 aliphatic carbocycles. The summed E-state index contributed by atoms with van der Waals surface area (Å²) in [4.78, 5) is 8.84. The van der Waals surface area contributed by atoms with Crippen LogP contribution in [0.25, 0.3) is 0 Å². The van der Waals surface area contributed by atoms with Crippen LogP contribution >= 0.6 is 0 Å². The van der Waals surface area contributed by atoms with Gasteiger partial charge in [-0.3, -0.25) is 4.68 Å². The Labute approximate surface area is 101 Å². The van der Waals surface area contributed by atoms with Crippen LogP contribution in [0.4, 0.5) is 11.6 Å². The first kappa shape index (κ1) is 11.6. The van der Waals surface area contributed by atoms with Crippen LogP contribution in [0.2, 0.25) is 0 Å². The van der Waals surface area contributed by atoms with Crippen molar-refractivity contribution in [2.45, 2.75) is 26.7 Å². The smallest absolute Gasteiger partial charge is 0.227 e. The van der Waals surface area contributed by atoms with Crippen molar-refractivity contribution in [1.82, 2.24) is 19.7 Å². The highest BCUT2D eigenvalue weighted by Crippen LogP contribution is 2.17. The number of aromatic nitrogens is 4. The van der Waals surface area contributed by atoms with Gasteiger partial charge in [-0.25, -0.2) is 9.97 Å². The maximum absolute atomic E-state index is 4.48. The van der Waals surface area contributed by atoms with Crippen LogP contribution in [0.1, 0.15) is 31.2 Å². The van der Waals surface area contributed by atoms with E-state index < -0.39 is 0 Å². The average molecular weight is 231 g/mol. The molecule has 2 rings (SSSR count). The third kappa shape index (κ3) is 2.81. The first-order valence-electron chi connectivity index (χ1n) is 5.66. The molecule has 0 aliphatic heterocycles. The molecular weight excluding hydrogens is 214 g/mol. The highest BCUT2D eigenvalue weighted by Gasteiger charge is 2.06. The molecule has 1 N–H and O–H groups in total. The van der Waals surface area contributed by atoms with E-state index in [0.29, 0.717) is 11.9 Å². The summed E-state index contributed by atoms with van der Waals surface area (Å²) in [6.07, 6.45) is 3.64. The number of nitrogens with zero attached hydrogens (tertiary/aromatic N) is 4.